The van der Waals surface area contributed by atoms with E-state index in [2.05, 4.69) is 24.0 Å². The van der Waals surface area contributed by atoms with Crippen LogP contribution in [-0.2, 0) is 20.7 Å². The second kappa shape index (κ2) is 6.55. The Balaban J connectivity index is 1.54. The van der Waals surface area contributed by atoms with Gasteiger partial charge in [-0.05, 0) is 24.6 Å². The van der Waals surface area contributed by atoms with Gasteiger partial charge in [-0.25, -0.2) is 4.79 Å². The van der Waals surface area contributed by atoms with Gasteiger partial charge in [0.2, 0.25) is 0 Å². The second-order valence-electron chi connectivity index (χ2n) is 8.26. The molecule has 4 heterocycles. The highest BCUT2D eigenvalue weighted by Gasteiger charge is 2.49. The van der Waals surface area contributed by atoms with Gasteiger partial charge in [-0.3, -0.25) is 0 Å². The molecule has 5 rings (SSSR count). The molecule has 148 valence electrons. The zero-order chi connectivity index (χ0) is 19.4. The molecule has 1 aromatic carbocycles. The lowest BCUT2D eigenvalue weighted by atomic mass is 9.72. The van der Waals surface area contributed by atoms with Gasteiger partial charge in [-0.2, -0.15) is 0 Å². The Morgan fingerprint density at radius 2 is 2.18 bits per heavy atom. The molecular weight excluding hydrogens is 356 g/mol. The fraction of sp³-hybridized carbons (Fsp3) is 0.500. The number of esters is 1. The molecule has 0 spiro atoms. The number of quaternary nitrogens is 1. The number of nitrogens with one attached hydrogen (secondary N) is 2. The van der Waals surface area contributed by atoms with Crippen molar-refractivity contribution in [2.24, 2.45) is 11.8 Å². The van der Waals surface area contributed by atoms with Crippen molar-refractivity contribution in [3.05, 3.63) is 41.3 Å². The molecular formula is C22H27N2O4+. The molecule has 0 saturated carbocycles. The van der Waals surface area contributed by atoms with E-state index in [-0.39, 0.29) is 18.0 Å². The van der Waals surface area contributed by atoms with Crippen molar-refractivity contribution in [1.29, 1.82) is 0 Å². The van der Waals surface area contributed by atoms with Crippen LogP contribution in [0.2, 0.25) is 0 Å². The van der Waals surface area contributed by atoms with Crippen LogP contribution in [0.3, 0.4) is 0 Å². The van der Waals surface area contributed by atoms with Crippen molar-refractivity contribution in [1.82, 2.24) is 4.98 Å². The first-order valence-corrected chi connectivity index (χ1v) is 10.1. The van der Waals surface area contributed by atoms with Gasteiger partial charge in [-0.1, -0.05) is 0 Å². The van der Waals surface area contributed by atoms with E-state index < -0.39 is 0 Å². The van der Waals surface area contributed by atoms with Crippen molar-refractivity contribution in [3.63, 3.8) is 0 Å². The number of carbonyl (C=O) groups excluding carboxylic acids is 1. The molecule has 1 unspecified atom stereocenters. The monoisotopic (exact) mass is 383 g/mol. The number of hydrogen-bond acceptors (Lipinski definition) is 4. The average molecular weight is 383 g/mol. The lowest BCUT2D eigenvalue weighted by Gasteiger charge is -2.46. The zero-order valence-corrected chi connectivity index (χ0v) is 16.6. The third kappa shape index (κ3) is 2.54. The summed E-state index contributed by atoms with van der Waals surface area (Å²) in [7, 11) is 3.14. The highest BCUT2D eigenvalue weighted by Crippen LogP contribution is 2.41. The van der Waals surface area contributed by atoms with Crippen molar-refractivity contribution in [2.75, 3.05) is 27.3 Å². The van der Waals surface area contributed by atoms with E-state index >= 15 is 0 Å². The molecule has 1 fully saturated rings. The summed E-state index contributed by atoms with van der Waals surface area (Å²) >= 11 is 0. The minimum atomic E-state index is -0.261. The number of fused-ring (bicyclic) bond motifs is 6. The van der Waals surface area contributed by atoms with Gasteiger partial charge < -0.3 is 24.1 Å². The summed E-state index contributed by atoms with van der Waals surface area (Å²) in [6.45, 7) is 4.25. The van der Waals surface area contributed by atoms with Crippen molar-refractivity contribution in [3.8, 4) is 5.75 Å². The first-order valence-electron chi connectivity index (χ1n) is 10.1. The SMILES string of the molecule is COC(=O)C1=CO[C@H](C)[C@@H]2C[NH+]3CCc4c([nH]c5cc(OC)ccc45)[C@@H]3C[C@H]12. The summed E-state index contributed by atoms with van der Waals surface area (Å²) in [6, 6.07) is 6.64. The number of carbonyl (C=O) groups is 1. The van der Waals surface area contributed by atoms with E-state index in [1.54, 1.807) is 18.3 Å². The number of aromatic nitrogens is 1. The highest BCUT2D eigenvalue weighted by atomic mass is 16.5. The van der Waals surface area contributed by atoms with Crippen LogP contribution in [0.25, 0.3) is 10.9 Å². The normalized spacial score (nSPS) is 31.1. The number of methoxy groups -OCH3 is 2. The van der Waals surface area contributed by atoms with Crippen molar-refractivity contribution in [2.45, 2.75) is 31.9 Å². The number of rotatable bonds is 2. The predicted octanol–water partition coefficient (Wildman–Crippen LogP) is 1.77. The summed E-state index contributed by atoms with van der Waals surface area (Å²) < 4.78 is 16.2. The molecule has 0 amide bonds. The number of benzene rings is 1. The summed E-state index contributed by atoms with van der Waals surface area (Å²) in [5.74, 6) is 1.13. The summed E-state index contributed by atoms with van der Waals surface area (Å²) in [4.78, 5) is 17.6. The van der Waals surface area contributed by atoms with E-state index in [4.69, 9.17) is 14.2 Å². The van der Waals surface area contributed by atoms with Gasteiger partial charge >= 0.3 is 5.97 Å². The molecule has 5 atom stereocenters. The molecule has 6 heteroatoms. The van der Waals surface area contributed by atoms with Gasteiger partial charge in [0, 0.05) is 35.7 Å². The van der Waals surface area contributed by atoms with Gasteiger partial charge in [0.05, 0.1) is 50.8 Å². The van der Waals surface area contributed by atoms with E-state index in [1.165, 1.54) is 23.8 Å². The molecule has 3 aliphatic rings. The van der Waals surface area contributed by atoms with Gasteiger partial charge in [0.1, 0.15) is 17.9 Å². The Morgan fingerprint density at radius 3 is 2.96 bits per heavy atom. The first kappa shape index (κ1) is 17.6. The van der Waals surface area contributed by atoms with Gasteiger partial charge in [0.25, 0.3) is 0 Å². The van der Waals surface area contributed by atoms with E-state index in [9.17, 15) is 4.79 Å². The zero-order valence-electron chi connectivity index (χ0n) is 16.6. The Hall–Kier alpha value is -2.47. The highest BCUT2D eigenvalue weighted by molar-refractivity contribution is 5.89. The van der Waals surface area contributed by atoms with E-state index in [0.29, 0.717) is 17.5 Å². The number of aromatic amines is 1. The topological polar surface area (TPSA) is 65.0 Å². The molecule has 2 aromatic rings. The van der Waals surface area contributed by atoms with Crippen LogP contribution < -0.4 is 9.64 Å². The lowest BCUT2D eigenvalue weighted by molar-refractivity contribution is -0.944. The van der Waals surface area contributed by atoms with Crippen LogP contribution in [0.4, 0.5) is 0 Å². The Labute approximate surface area is 164 Å². The smallest absolute Gasteiger partial charge is 0.337 e. The van der Waals surface area contributed by atoms with Gasteiger partial charge in [-0.15, -0.1) is 0 Å². The molecule has 3 aliphatic heterocycles. The van der Waals surface area contributed by atoms with Crippen LogP contribution in [-0.4, -0.2) is 44.4 Å². The maximum atomic E-state index is 12.3. The summed E-state index contributed by atoms with van der Waals surface area (Å²) in [5.41, 5.74) is 4.58. The third-order valence-electron chi connectivity index (χ3n) is 7.02. The Morgan fingerprint density at radius 1 is 1.32 bits per heavy atom. The van der Waals surface area contributed by atoms with E-state index in [0.717, 1.165) is 37.2 Å². The number of piperidine rings is 1. The predicted molar refractivity (Wildman–Crippen MR) is 104 cm³/mol. The first-order chi connectivity index (χ1) is 13.6. The summed E-state index contributed by atoms with van der Waals surface area (Å²) in [5, 5.41) is 1.29. The van der Waals surface area contributed by atoms with Crippen molar-refractivity contribution >= 4 is 16.9 Å². The molecule has 1 saturated heterocycles. The molecule has 6 nitrogen and oxygen atoms in total. The van der Waals surface area contributed by atoms with Crippen molar-refractivity contribution < 1.29 is 23.9 Å². The minimum Gasteiger partial charge on any atom is -0.497 e. The third-order valence-corrected chi connectivity index (χ3v) is 7.02. The largest absolute Gasteiger partial charge is 0.497 e. The molecule has 0 radical (unpaired) electrons. The standard InChI is InChI=1S/C22H26N2O4/c1-12-17-10-24-7-6-15-14-5-4-13(26-2)8-19(14)23-21(15)20(24)9-16(17)18(11-28-12)22(25)27-3/h4-5,8,11-12,16-17,20,23H,6-7,9-10H2,1-3H3/p+1/t12-,16+,17+,20+/m1/s1. The Kier molecular flexibility index (Phi) is 4.12. The van der Waals surface area contributed by atoms with Gasteiger partial charge in [0.15, 0.2) is 0 Å². The maximum absolute atomic E-state index is 12.3. The van der Waals surface area contributed by atoms with Crippen LogP contribution in [0.5, 0.6) is 5.75 Å². The molecule has 0 aliphatic carbocycles. The van der Waals surface area contributed by atoms with Crippen LogP contribution in [0.15, 0.2) is 30.0 Å². The van der Waals surface area contributed by atoms with Crippen LogP contribution in [0, 0.1) is 11.8 Å². The molecule has 28 heavy (non-hydrogen) atoms. The number of ether oxygens (including phenoxy) is 3. The molecule has 0 bridgehead atoms. The van der Waals surface area contributed by atoms with Crippen LogP contribution >= 0.6 is 0 Å². The second-order valence-corrected chi connectivity index (χ2v) is 8.26. The quantitative estimate of drug-likeness (QED) is 0.776. The minimum absolute atomic E-state index is 0.125. The summed E-state index contributed by atoms with van der Waals surface area (Å²) in [6.07, 6.45) is 3.77. The molecule has 1 aromatic heterocycles. The number of hydrogen-bond donors (Lipinski definition) is 2. The maximum Gasteiger partial charge on any atom is 0.337 e. The molecule has 2 N–H and O–H groups in total. The fourth-order valence-electron chi connectivity index (χ4n) is 5.55. The van der Waals surface area contributed by atoms with Crippen LogP contribution in [0.1, 0.15) is 30.6 Å². The Bertz CT molecular complexity index is 963. The average Bonchev–Trinajstić information content (AvgIpc) is 3.10. The lowest BCUT2D eigenvalue weighted by Crippen LogP contribution is -3.15. The van der Waals surface area contributed by atoms with E-state index in [1.807, 2.05) is 6.07 Å². The number of H-pyrrole nitrogens is 1. The fourth-order valence-corrected chi connectivity index (χ4v) is 5.55.